The third-order valence-corrected chi connectivity index (χ3v) is 4.95. The van der Waals surface area contributed by atoms with Gasteiger partial charge in [-0.15, -0.1) is 0 Å². The van der Waals surface area contributed by atoms with Gasteiger partial charge in [0.05, 0.1) is 12.1 Å². The zero-order valence-corrected chi connectivity index (χ0v) is 13.3. The van der Waals surface area contributed by atoms with E-state index in [0.717, 1.165) is 24.8 Å². The smallest absolute Gasteiger partial charge is 0.124 e. The Balaban J connectivity index is 1.79. The second-order valence-corrected chi connectivity index (χ2v) is 6.57. The van der Waals surface area contributed by atoms with Crippen molar-refractivity contribution in [2.45, 2.75) is 45.2 Å². The van der Waals surface area contributed by atoms with Gasteiger partial charge < -0.3 is 10.1 Å². The Labute approximate surface area is 128 Å². The fourth-order valence-electron chi connectivity index (χ4n) is 3.57. The van der Waals surface area contributed by atoms with E-state index in [-0.39, 0.29) is 0 Å². The second-order valence-electron chi connectivity index (χ2n) is 6.57. The van der Waals surface area contributed by atoms with Crippen LogP contribution in [-0.4, -0.2) is 37.2 Å². The Hall–Kier alpha value is -1.06. The predicted octanol–water partition coefficient (Wildman–Crippen LogP) is 3.22. The fraction of sp³-hybridized carbons (Fsp3) is 0.667. The van der Waals surface area contributed by atoms with Gasteiger partial charge in [0.1, 0.15) is 12.4 Å². The maximum absolute atomic E-state index is 6.04. The molecule has 1 saturated heterocycles. The molecular formula is C18H28N2O. The van der Waals surface area contributed by atoms with Gasteiger partial charge in [-0.2, -0.15) is 0 Å². The van der Waals surface area contributed by atoms with Crippen molar-refractivity contribution in [2.75, 3.05) is 26.2 Å². The van der Waals surface area contributed by atoms with E-state index < -0.39 is 0 Å². The van der Waals surface area contributed by atoms with Crippen molar-refractivity contribution < 1.29 is 4.74 Å². The number of hydrogen-bond donors (Lipinski definition) is 1. The van der Waals surface area contributed by atoms with Crippen LogP contribution in [0.25, 0.3) is 0 Å². The molecule has 3 rings (SSSR count). The van der Waals surface area contributed by atoms with Crippen LogP contribution in [0.15, 0.2) is 24.3 Å². The van der Waals surface area contributed by atoms with Gasteiger partial charge in [-0.1, -0.05) is 32.0 Å². The Morgan fingerprint density at radius 1 is 1.24 bits per heavy atom. The van der Waals surface area contributed by atoms with Crippen LogP contribution >= 0.6 is 0 Å². The molecule has 1 aromatic carbocycles. The fourth-order valence-corrected chi connectivity index (χ4v) is 3.57. The van der Waals surface area contributed by atoms with Crippen LogP contribution in [0, 0.1) is 5.92 Å². The van der Waals surface area contributed by atoms with E-state index in [0.29, 0.717) is 12.1 Å². The zero-order valence-electron chi connectivity index (χ0n) is 13.3. The first-order valence-electron chi connectivity index (χ1n) is 8.48. The molecule has 0 amide bonds. The van der Waals surface area contributed by atoms with Crippen LogP contribution in [0.3, 0.4) is 0 Å². The SMILES string of the molecule is CCCNC1c2ccccc2OCC1N1CCC(C)CC1. The third-order valence-electron chi connectivity index (χ3n) is 4.95. The normalized spacial score (nSPS) is 27.1. The minimum Gasteiger partial charge on any atom is -0.492 e. The molecule has 2 heterocycles. The summed E-state index contributed by atoms with van der Waals surface area (Å²) in [5.74, 6) is 1.94. The van der Waals surface area contributed by atoms with Crippen molar-refractivity contribution in [3.8, 4) is 5.75 Å². The molecule has 0 radical (unpaired) electrons. The lowest BCUT2D eigenvalue weighted by Crippen LogP contribution is -2.52. The van der Waals surface area contributed by atoms with E-state index in [4.69, 9.17) is 4.74 Å². The molecule has 0 bridgehead atoms. The summed E-state index contributed by atoms with van der Waals surface area (Å²) in [4.78, 5) is 2.64. The minimum atomic E-state index is 0.406. The van der Waals surface area contributed by atoms with Gasteiger partial charge in [-0.25, -0.2) is 0 Å². The summed E-state index contributed by atoms with van der Waals surface area (Å²) < 4.78 is 6.04. The second kappa shape index (κ2) is 6.80. The molecule has 0 spiro atoms. The molecule has 0 aromatic heterocycles. The molecule has 3 heteroatoms. The lowest BCUT2D eigenvalue weighted by molar-refractivity contribution is 0.0597. The summed E-state index contributed by atoms with van der Waals surface area (Å²) in [6.45, 7) is 8.91. The lowest BCUT2D eigenvalue weighted by atomic mass is 9.91. The topological polar surface area (TPSA) is 24.5 Å². The summed E-state index contributed by atoms with van der Waals surface area (Å²) in [6, 6.07) is 9.40. The van der Waals surface area contributed by atoms with Crippen molar-refractivity contribution in [3.05, 3.63) is 29.8 Å². The third kappa shape index (κ3) is 3.24. The number of hydrogen-bond acceptors (Lipinski definition) is 3. The first-order chi connectivity index (χ1) is 10.3. The van der Waals surface area contributed by atoms with Gasteiger partial charge in [-0.05, 0) is 50.9 Å². The molecule has 3 nitrogen and oxygen atoms in total. The number of benzene rings is 1. The molecule has 2 aliphatic heterocycles. The number of nitrogens with zero attached hydrogens (tertiary/aromatic N) is 1. The number of rotatable bonds is 4. The first-order valence-corrected chi connectivity index (χ1v) is 8.48. The van der Waals surface area contributed by atoms with E-state index in [9.17, 15) is 0 Å². The average Bonchev–Trinajstić information content (AvgIpc) is 2.53. The highest BCUT2D eigenvalue weighted by Gasteiger charge is 2.35. The molecule has 21 heavy (non-hydrogen) atoms. The van der Waals surface area contributed by atoms with Gasteiger partial charge in [0, 0.05) is 5.56 Å². The maximum atomic E-state index is 6.04. The van der Waals surface area contributed by atoms with Crippen LogP contribution in [0.5, 0.6) is 5.75 Å². The van der Waals surface area contributed by atoms with Crippen LogP contribution < -0.4 is 10.1 Å². The zero-order chi connectivity index (χ0) is 14.7. The highest BCUT2D eigenvalue weighted by Crippen LogP contribution is 2.35. The van der Waals surface area contributed by atoms with Crippen molar-refractivity contribution in [2.24, 2.45) is 5.92 Å². The number of nitrogens with one attached hydrogen (secondary N) is 1. The lowest BCUT2D eigenvalue weighted by Gasteiger charge is -2.43. The standard InChI is InChI=1S/C18H28N2O/c1-3-10-19-18-15-6-4-5-7-17(15)21-13-16(18)20-11-8-14(2)9-12-20/h4-7,14,16,18-19H,3,8-13H2,1-2H3. The van der Waals surface area contributed by atoms with E-state index in [1.165, 1.54) is 37.9 Å². The van der Waals surface area contributed by atoms with Crippen LogP contribution in [0.4, 0.5) is 0 Å². The van der Waals surface area contributed by atoms with E-state index in [1.807, 2.05) is 0 Å². The summed E-state index contributed by atoms with van der Waals surface area (Å²) in [6.07, 6.45) is 3.81. The van der Waals surface area contributed by atoms with Crippen LogP contribution in [0.2, 0.25) is 0 Å². The van der Waals surface area contributed by atoms with Crippen LogP contribution in [0.1, 0.15) is 44.7 Å². The molecule has 1 N–H and O–H groups in total. The number of piperidine rings is 1. The Bertz CT molecular complexity index is 454. The molecule has 0 aliphatic carbocycles. The maximum Gasteiger partial charge on any atom is 0.124 e. The first kappa shape index (κ1) is 14.9. The Morgan fingerprint density at radius 3 is 2.76 bits per heavy atom. The summed E-state index contributed by atoms with van der Waals surface area (Å²) in [5, 5.41) is 3.76. The number of ether oxygens (including phenoxy) is 1. The van der Waals surface area contributed by atoms with E-state index in [2.05, 4.69) is 48.3 Å². The van der Waals surface area contributed by atoms with Crippen molar-refractivity contribution in [1.82, 2.24) is 10.2 Å². The largest absolute Gasteiger partial charge is 0.492 e. The highest BCUT2D eigenvalue weighted by molar-refractivity contribution is 5.38. The predicted molar refractivity (Wildman–Crippen MR) is 86.7 cm³/mol. The quantitative estimate of drug-likeness (QED) is 0.920. The van der Waals surface area contributed by atoms with Crippen LogP contribution in [-0.2, 0) is 0 Å². The monoisotopic (exact) mass is 288 g/mol. The summed E-state index contributed by atoms with van der Waals surface area (Å²) in [5.41, 5.74) is 1.33. The summed E-state index contributed by atoms with van der Waals surface area (Å²) in [7, 11) is 0. The molecule has 2 unspecified atom stereocenters. The van der Waals surface area contributed by atoms with Gasteiger partial charge in [0.15, 0.2) is 0 Å². The molecule has 1 fully saturated rings. The molecule has 2 atom stereocenters. The Morgan fingerprint density at radius 2 is 2.00 bits per heavy atom. The van der Waals surface area contributed by atoms with E-state index in [1.54, 1.807) is 0 Å². The van der Waals surface area contributed by atoms with Crippen molar-refractivity contribution in [1.29, 1.82) is 0 Å². The molecular weight excluding hydrogens is 260 g/mol. The van der Waals surface area contributed by atoms with Crippen molar-refractivity contribution in [3.63, 3.8) is 0 Å². The molecule has 116 valence electrons. The Kier molecular flexibility index (Phi) is 4.81. The summed E-state index contributed by atoms with van der Waals surface area (Å²) >= 11 is 0. The van der Waals surface area contributed by atoms with E-state index >= 15 is 0 Å². The van der Waals surface area contributed by atoms with Crippen molar-refractivity contribution >= 4 is 0 Å². The number of likely N-dealkylation sites (tertiary alicyclic amines) is 1. The molecule has 0 saturated carbocycles. The minimum absolute atomic E-state index is 0.406. The molecule has 1 aromatic rings. The number of para-hydroxylation sites is 1. The number of fused-ring (bicyclic) bond motifs is 1. The van der Waals surface area contributed by atoms with Gasteiger partial charge in [-0.3, -0.25) is 4.90 Å². The van der Waals surface area contributed by atoms with Gasteiger partial charge >= 0.3 is 0 Å². The average molecular weight is 288 g/mol. The van der Waals surface area contributed by atoms with Gasteiger partial charge in [0.2, 0.25) is 0 Å². The highest BCUT2D eigenvalue weighted by atomic mass is 16.5. The molecule has 2 aliphatic rings. The van der Waals surface area contributed by atoms with Gasteiger partial charge in [0.25, 0.3) is 0 Å².